The monoisotopic (exact) mass is 429 g/mol. The van der Waals surface area contributed by atoms with Crippen molar-refractivity contribution in [3.05, 3.63) is 59.1 Å². The predicted molar refractivity (Wildman–Crippen MR) is 108 cm³/mol. The van der Waals surface area contributed by atoms with Crippen molar-refractivity contribution in [1.29, 1.82) is 0 Å². The second kappa shape index (κ2) is 8.23. The van der Waals surface area contributed by atoms with Crippen LogP contribution in [0.2, 0.25) is 5.02 Å². The zero-order valence-corrected chi connectivity index (χ0v) is 16.7. The third-order valence-corrected chi connectivity index (χ3v) is 5.49. The van der Waals surface area contributed by atoms with Gasteiger partial charge in [0.15, 0.2) is 0 Å². The molecule has 0 saturated carbocycles. The number of nitrogens with zero attached hydrogens (tertiary/aromatic N) is 2. The number of rotatable bonds is 3. The Bertz CT molecular complexity index is 964. The number of nitrogens with one attached hydrogen (secondary N) is 1. The third kappa shape index (κ3) is 4.18. The van der Waals surface area contributed by atoms with Gasteiger partial charge in [-0.3, -0.25) is 9.59 Å². The lowest BCUT2D eigenvalue weighted by Gasteiger charge is -2.44. The first kappa shape index (κ1) is 20.0. The molecule has 9 heteroatoms. The van der Waals surface area contributed by atoms with Crippen molar-refractivity contribution in [2.45, 2.75) is 18.5 Å². The Hall–Kier alpha value is -3.26. The van der Waals surface area contributed by atoms with Gasteiger partial charge in [0.1, 0.15) is 23.6 Å². The number of phenolic OH excluding ortho intramolecular Hbond substituents is 1. The first-order valence-electron chi connectivity index (χ1n) is 9.52. The molecule has 0 aromatic heterocycles. The molecule has 2 aliphatic rings. The quantitative estimate of drug-likeness (QED) is 0.775. The van der Waals surface area contributed by atoms with E-state index >= 15 is 0 Å². The molecule has 2 aromatic carbocycles. The lowest BCUT2D eigenvalue weighted by molar-refractivity contribution is -0.152. The maximum absolute atomic E-state index is 12.9. The average Bonchev–Trinajstić information content (AvgIpc) is 2.74. The van der Waals surface area contributed by atoms with Crippen LogP contribution in [-0.4, -0.2) is 64.5 Å². The molecule has 2 saturated heterocycles. The summed E-state index contributed by atoms with van der Waals surface area (Å²) in [5.74, 6) is 0.00477. The van der Waals surface area contributed by atoms with Crippen LogP contribution in [0.5, 0.6) is 11.5 Å². The Morgan fingerprint density at radius 1 is 1.10 bits per heavy atom. The van der Waals surface area contributed by atoms with E-state index in [-0.39, 0.29) is 37.2 Å². The smallest absolute Gasteiger partial charge is 0.415 e. The summed E-state index contributed by atoms with van der Waals surface area (Å²) in [6.45, 7) is 0.586. The standard InChI is InChI=1S/C21H20ClN3O5/c22-14-3-7-16(8-4-14)30-21(29)24-9-10-25-18(12-24)19(27)23-17(20(25)28)11-13-1-5-15(26)6-2-13/h1-8,17-18,26H,9-12H2,(H,23,27)/t17-,18+/m0/s1. The second-order valence-corrected chi connectivity index (χ2v) is 7.68. The van der Waals surface area contributed by atoms with Gasteiger partial charge >= 0.3 is 6.09 Å². The van der Waals surface area contributed by atoms with Crippen LogP contribution in [0.25, 0.3) is 0 Å². The largest absolute Gasteiger partial charge is 0.508 e. The fraction of sp³-hybridized carbons (Fsp3) is 0.286. The Balaban J connectivity index is 1.39. The number of amides is 3. The first-order valence-corrected chi connectivity index (χ1v) is 9.89. The van der Waals surface area contributed by atoms with Crippen molar-refractivity contribution in [3.8, 4) is 11.5 Å². The van der Waals surface area contributed by atoms with Crippen molar-refractivity contribution in [2.75, 3.05) is 19.6 Å². The topological polar surface area (TPSA) is 99.2 Å². The number of aromatic hydroxyl groups is 1. The lowest BCUT2D eigenvalue weighted by atomic mass is 9.98. The van der Waals surface area contributed by atoms with Crippen LogP contribution >= 0.6 is 11.6 Å². The van der Waals surface area contributed by atoms with E-state index in [9.17, 15) is 19.5 Å². The van der Waals surface area contributed by atoms with Crippen molar-refractivity contribution < 1.29 is 24.2 Å². The van der Waals surface area contributed by atoms with Crippen molar-refractivity contribution >= 4 is 29.5 Å². The summed E-state index contributed by atoms with van der Waals surface area (Å²) in [5.41, 5.74) is 0.829. The molecule has 2 aliphatic heterocycles. The Kier molecular flexibility index (Phi) is 5.50. The van der Waals surface area contributed by atoms with Crippen LogP contribution in [0.4, 0.5) is 4.79 Å². The van der Waals surface area contributed by atoms with Crippen LogP contribution in [-0.2, 0) is 16.0 Å². The number of carbonyl (C=O) groups is 3. The van der Waals surface area contributed by atoms with Crippen molar-refractivity contribution in [2.24, 2.45) is 0 Å². The molecule has 0 radical (unpaired) electrons. The van der Waals surface area contributed by atoms with E-state index in [2.05, 4.69) is 5.32 Å². The number of phenols is 1. The highest BCUT2D eigenvalue weighted by Gasteiger charge is 2.44. The molecule has 0 spiro atoms. The normalized spacial score (nSPS) is 21.1. The number of fused-ring (bicyclic) bond motifs is 1. The second-order valence-electron chi connectivity index (χ2n) is 7.25. The highest BCUT2D eigenvalue weighted by atomic mass is 35.5. The molecule has 2 fully saturated rings. The Morgan fingerprint density at radius 2 is 1.80 bits per heavy atom. The third-order valence-electron chi connectivity index (χ3n) is 5.23. The summed E-state index contributed by atoms with van der Waals surface area (Å²) < 4.78 is 5.33. The van der Waals surface area contributed by atoms with Gasteiger partial charge in [0.2, 0.25) is 11.8 Å². The number of halogens is 1. The molecule has 2 aromatic rings. The minimum Gasteiger partial charge on any atom is -0.508 e. The van der Waals surface area contributed by atoms with Gasteiger partial charge in [-0.25, -0.2) is 4.79 Å². The molecular formula is C21H20ClN3O5. The summed E-state index contributed by atoms with van der Waals surface area (Å²) >= 11 is 5.83. The Morgan fingerprint density at radius 3 is 2.50 bits per heavy atom. The molecule has 0 unspecified atom stereocenters. The SMILES string of the molecule is O=C1N[C@@H](Cc2ccc(O)cc2)C(=O)N2CCN(C(=O)Oc3ccc(Cl)cc3)C[C@H]12. The van der Waals surface area contributed by atoms with Gasteiger partial charge in [0.25, 0.3) is 0 Å². The van der Waals surface area contributed by atoms with Crippen LogP contribution < -0.4 is 10.1 Å². The number of ether oxygens (including phenoxy) is 1. The van der Waals surface area contributed by atoms with E-state index in [1.54, 1.807) is 48.5 Å². The van der Waals surface area contributed by atoms with Crippen LogP contribution in [0.3, 0.4) is 0 Å². The molecule has 2 heterocycles. The number of carbonyl (C=O) groups excluding carboxylic acids is 3. The fourth-order valence-corrected chi connectivity index (χ4v) is 3.77. The van der Waals surface area contributed by atoms with E-state index in [0.717, 1.165) is 5.56 Å². The van der Waals surface area contributed by atoms with Crippen LogP contribution in [0.1, 0.15) is 5.56 Å². The van der Waals surface area contributed by atoms with Gasteiger partial charge in [-0.15, -0.1) is 0 Å². The van der Waals surface area contributed by atoms with Crippen LogP contribution in [0, 0.1) is 0 Å². The molecule has 156 valence electrons. The molecule has 2 atom stereocenters. The van der Waals surface area contributed by atoms with E-state index in [1.165, 1.54) is 9.80 Å². The predicted octanol–water partition coefficient (Wildman–Crippen LogP) is 1.80. The van der Waals surface area contributed by atoms with Crippen LogP contribution in [0.15, 0.2) is 48.5 Å². The van der Waals surface area contributed by atoms with E-state index in [0.29, 0.717) is 17.2 Å². The van der Waals surface area contributed by atoms with Crippen molar-refractivity contribution in [1.82, 2.24) is 15.1 Å². The summed E-state index contributed by atoms with van der Waals surface area (Å²) in [6, 6.07) is 11.5. The van der Waals surface area contributed by atoms with E-state index in [4.69, 9.17) is 16.3 Å². The van der Waals surface area contributed by atoms with Gasteiger partial charge in [0, 0.05) is 24.5 Å². The molecule has 8 nitrogen and oxygen atoms in total. The summed E-state index contributed by atoms with van der Waals surface area (Å²) in [5, 5.41) is 12.7. The number of piperazine rings is 2. The fourth-order valence-electron chi connectivity index (χ4n) is 3.64. The maximum Gasteiger partial charge on any atom is 0.415 e. The van der Waals surface area contributed by atoms with Gasteiger partial charge in [-0.2, -0.15) is 0 Å². The zero-order valence-electron chi connectivity index (χ0n) is 16.0. The molecule has 0 bridgehead atoms. The molecule has 30 heavy (non-hydrogen) atoms. The molecule has 0 aliphatic carbocycles. The first-order chi connectivity index (χ1) is 14.4. The minimum atomic E-state index is -0.750. The average molecular weight is 430 g/mol. The van der Waals surface area contributed by atoms with Gasteiger partial charge in [-0.1, -0.05) is 23.7 Å². The summed E-state index contributed by atoms with van der Waals surface area (Å²) in [6.07, 6.45) is -0.250. The number of hydrogen-bond acceptors (Lipinski definition) is 5. The zero-order chi connectivity index (χ0) is 21.3. The summed E-state index contributed by atoms with van der Waals surface area (Å²) in [4.78, 5) is 41.0. The highest BCUT2D eigenvalue weighted by Crippen LogP contribution is 2.21. The van der Waals surface area contributed by atoms with E-state index < -0.39 is 18.2 Å². The minimum absolute atomic E-state index is 0.0654. The summed E-state index contributed by atoms with van der Waals surface area (Å²) in [7, 11) is 0. The molecule has 3 amide bonds. The highest BCUT2D eigenvalue weighted by molar-refractivity contribution is 6.30. The number of hydrogen-bond donors (Lipinski definition) is 2. The molecular weight excluding hydrogens is 410 g/mol. The Labute approximate surface area is 178 Å². The molecule has 4 rings (SSSR count). The van der Waals surface area contributed by atoms with Gasteiger partial charge < -0.3 is 25.0 Å². The van der Waals surface area contributed by atoms with Gasteiger partial charge in [0.05, 0.1) is 6.54 Å². The van der Waals surface area contributed by atoms with Crippen molar-refractivity contribution in [3.63, 3.8) is 0 Å². The van der Waals surface area contributed by atoms with E-state index in [1.807, 2.05) is 0 Å². The number of benzene rings is 2. The van der Waals surface area contributed by atoms with Gasteiger partial charge in [-0.05, 0) is 42.0 Å². The maximum atomic E-state index is 12.9. The molecule has 2 N–H and O–H groups in total. The lowest BCUT2D eigenvalue weighted by Crippen LogP contribution is -2.70.